The molecule has 3 heteroatoms. The van der Waals surface area contributed by atoms with Crippen molar-refractivity contribution >= 4 is 35.7 Å². The molecular formula is C16H19IN2. The van der Waals surface area contributed by atoms with Crippen molar-refractivity contribution in [2.24, 2.45) is 0 Å². The fraction of sp³-hybridized carbons (Fsp3) is 0.188. The van der Waals surface area contributed by atoms with Gasteiger partial charge in [0.25, 0.3) is 0 Å². The zero-order chi connectivity index (χ0) is 12.8. The van der Waals surface area contributed by atoms with Crippen molar-refractivity contribution in [1.82, 2.24) is 4.98 Å². The first kappa shape index (κ1) is 15.7. The molecule has 0 bridgehead atoms. The highest BCUT2D eigenvalue weighted by molar-refractivity contribution is 14.0. The van der Waals surface area contributed by atoms with E-state index in [0.717, 1.165) is 12.1 Å². The zero-order valence-corrected chi connectivity index (χ0v) is 13.6. The van der Waals surface area contributed by atoms with E-state index in [1.807, 2.05) is 38.5 Å². The number of halogens is 1. The van der Waals surface area contributed by atoms with Crippen LogP contribution in [0.2, 0.25) is 0 Å². The molecule has 0 aliphatic carbocycles. The average Bonchev–Trinajstić information content (AvgIpc) is 2.40. The fourth-order valence-corrected chi connectivity index (χ4v) is 1.72. The number of nitrogens with zero attached hydrogens (tertiary/aromatic N) is 2. The smallest absolute Gasteiger partial charge is 0.0441 e. The number of hydrogen-bond donors (Lipinski definition) is 0. The molecule has 0 radical (unpaired) electrons. The lowest BCUT2D eigenvalue weighted by molar-refractivity contribution is 1.11. The lowest BCUT2D eigenvalue weighted by Crippen LogP contribution is -2.07. The molecule has 0 aliphatic rings. The highest BCUT2D eigenvalue weighted by Crippen LogP contribution is 2.13. The third kappa shape index (κ3) is 5.03. The number of anilines is 1. The molecule has 19 heavy (non-hydrogen) atoms. The van der Waals surface area contributed by atoms with Crippen LogP contribution >= 0.6 is 24.0 Å². The lowest BCUT2D eigenvalue weighted by Gasteiger charge is -2.11. The van der Waals surface area contributed by atoms with Crippen molar-refractivity contribution in [2.75, 3.05) is 19.0 Å². The Kier molecular flexibility index (Phi) is 6.56. The molecule has 0 N–H and O–H groups in total. The first-order valence-corrected chi connectivity index (χ1v) is 6.09. The number of rotatable bonds is 4. The molecule has 0 saturated carbocycles. The Morgan fingerprint density at radius 3 is 2.37 bits per heavy atom. The third-order valence-corrected chi connectivity index (χ3v) is 2.77. The highest BCUT2D eigenvalue weighted by atomic mass is 127. The molecule has 100 valence electrons. The molecule has 0 unspecified atom stereocenters. The minimum Gasteiger partial charge on any atom is -0.378 e. The van der Waals surface area contributed by atoms with Gasteiger partial charge in [-0.2, -0.15) is 0 Å². The van der Waals surface area contributed by atoms with Crippen LogP contribution in [0.4, 0.5) is 5.69 Å². The van der Waals surface area contributed by atoms with E-state index in [2.05, 4.69) is 46.3 Å². The molecule has 0 spiro atoms. The Hall–Kier alpha value is -1.36. The summed E-state index contributed by atoms with van der Waals surface area (Å²) in [7, 11) is 4.10. The largest absolute Gasteiger partial charge is 0.378 e. The van der Waals surface area contributed by atoms with Gasteiger partial charge in [0, 0.05) is 38.1 Å². The maximum Gasteiger partial charge on any atom is 0.0441 e. The molecule has 2 rings (SSSR count). The molecule has 0 fully saturated rings. The van der Waals surface area contributed by atoms with Crippen LogP contribution in [-0.2, 0) is 6.42 Å². The Morgan fingerprint density at radius 1 is 1.05 bits per heavy atom. The topological polar surface area (TPSA) is 16.1 Å². The van der Waals surface area contributed by atoms with Crippen molar-refractivity contribution < 1.29 is 0 Å². The van der Waals surface area contributed by atoms with Crippen LogP contribution in [0.25, 0.3) is 6.08 Å². The predicted molar refractivity (Wildman–Crippen MR) is 93.2 cm³/mol. The van der Waals surface area contributed by atoms with Crippen LogP contribution in [0.5, 0.6) is 0 Å². The van der Waals surface area contributed by atoms with E-state index < -0.39 is 0 Å². The van der Waals surface area contributed by atoms with Crippen LogP contribution in [0, 0.1) is 0 Å². The summed E-state index contributed by atoms with van der Waals surface area (Å²) in [5.74, 6) is 0. The Bertz CT molecular complexity index is 504. The summed E-state index contributed by atoms with van der Waals surface area (Å²) >= 11 is 0. The minimum absolute atomic E-state index is 0. The molecule has 2 aromatic rings. The van der Waals surface area contributed by atoms with Gasteiger partial charge in [0.1, 0.15) is 0 Å². The summed E-state index contributed by atoms with van der Waals surface area (Å²) in [6.07, 6.45) is 6.98. The van der Waals surface area contributed by atoms with E-state index >= 15 is 0 Å². The van der Waals surface area contributed by atoms with Gasteiger partial charge in [-0.05, 0) is 29.8 Å². The number of hydrogen-bond acceptors (Lipinski definition) is 2. The van der Waals surface area contributed by atoms with Crippen molar-refractivity contribution in [3.63, 3.8) is 0 Å². The van der Waals surface area contributed by atoms with Gasteiger partial charge < -0.3 is 4.90 Å². The summed E-state index contributed by atoms with van der Waals surface area (Å²) in [5, 5.41) is 0. The summed E-state index contributed by atoms with van der Waals surface area (Å²) in [5.41, 5.74) is 3.53. The number of pyridine rings is 1. The predicted octanol–water partition coefficient (Wildman–Crippen LogP) is 4.02. The van der Waals surface area contributed by atoms with Gasteiger partial charge in [0.15, 0.2) is 0 Å². The molecule has 0 amide bonds. The van der Waals surface area contributed by atoms with Gasteiger partial charge in [0.2, 0.25) is 0 Å². The van der Waals surface area contributed by atoms with Crippen LogP contribution in [0.15, 0.2) is 54.7 Å². The first-order valence-electron chi connectivity index (χ1n) is 6.09. The monoisotopic (exact) mass is 366 g/mol. The van der Waals surface area contributed by atoms with Crippen LogP contribution in [0.3, 0.4) is 0 Å². The van der Waals surface area contributed by atoms with E-state index in [4.69, 9.17) is 0 Å². The fourth-order valence-electron chi connectivity index (χ4n) is 1.72. The molecule has 1 aromatic heterocycles. The lowest BCUT2D eigenvalue weighted by atomic mass is 10.1. The van der Waals surface area contributed by atoms with Crippen molar-refractivity contribution in [3.8, 4) is 0 Å². The van der Waals surface area contributed by atoms with Crippen molar-refractivity contribution in [2.45, 2.75) is 6.42 Å². The Labute approximate surface area is 132 Å². The maximum absolute atomic E-state index is 4.29. The average molecular weight is 366 g/mol. The SMILES string of the molecule is CN(C)c1ccc(C=CCc2ccccn2)cc1.I. The third-order valence-electron chi connectivity index (χ3n) is 2.77. The van der Waals surface area contributed by atoms with Crippen LogP contribution in [-0.4, -0.2) is 19.1 Å². The van der Waals surface area contributed by atoms with E-state index in [0.29, 0.717) is 0 Å². The van der Waals surface area contributed by atoms with Crippen molar-refractivity contribution in [1.29, 1.82) is 0 Å². The first-order chi connectivity index (χ1) is 8.75. The van der Waals surface area contributed by atoms with Gasteiger partial charge in [-0.1, -0.05) is 30.4 Å². The molecule has 0 saturated heterocycles. The summed E-state index contributed by atoms with van der Waals surface area (Å²) in [6.45, 7) is 0. The summed E-state index contributed by atoms with van der Waals surface area (Å²) in [6, 6.07) is 14.5. The van der Waals surface area contributed by atoms with E-state index in [9.17, 15) is 0 Å². The summed E-state index contributed by atoms with van der Waals surface area (Å²) < 4.78 is 0. The van der Waals surface area contributed by atoms with E-state index in [1.54, 1.807) is 0 Å². The van der Waals surface area contributed by atoms with Crippen LogP contribution < -0.4 is 4.90 Å². The Balaban J connectivity index is 0.00000180. The second-order valence-electron chi connectivity index (χ2n) is 4.41. The van der Waals surface area contributed by atoms with Gasteiger partial charge in [-0.15, -0.1) is 24.0 Å². The minimum atomic E-state index is 0. The van der Waals surface area contributed by atoms with Gasteiger partial charge in [-0.3, -0.25) is 4.98 Å². The summed E-state index contributed by atoms with van der Waals surface area (Å²) in [4.78, 5) is 6.39. The quantitative estimate of drug-likeness (QED) is 0.760. The second-order valence-corrected chi connectivity index (χ2v) is 4.41. The number of benzene rings is 1. The van der Waals surface area contributed by atoms with E-state index in [1.165, 1.54) is 11.3 Å². The van der Waals surface area contributed by atoms with E-state index in [-0.39, 0.29) is 24.0 Å². The Morgan fingerprint density at radius 2 is 1.79 bits per heavy atom. The second kappa shape index (κ2) is 7.94. The van der Waals surface area contributed by atoms with Gasteiger partial charge in [0.05, 0.1) is 0 Å². The highest BCUT2D eigenvalue weighted by Gasteiger charge is 1.93. The standard InChI is InChI=1S/C16H18N2.HI/c1-18(2)16-11-9-14(10-12-16)6-5-8-15-7-3-4-13-17-15;/h3-7,9-13H,8H2,1-2H3;1H. The van der Waals surface area contributed by atoms with Gasteiger partial charge in [-0.25, -0.2) is 0 Å². The van der Waals surface area contributed by atoms with Crippen molar-refractivity contribution in [3.05, 3.63) is 66.0 Å². The number of aromatic nitrogens is 1. The molecule has 2 nitrogen and oxygen atoms in total. The molecule has 1 heterocycles. The van der Waals surface area contributed by atoms with Crippen LogP contribution in [0.1, 0.15) is 11.3 Å². The zero-order valence-electron chi connectivity index (χ0n) is 11.3. The maximum atomic E-state index is 4.29. The van der Waals surface area contributed by atoms with Gasteiger partial charge >= 0.3 is 0 Å². The number of allylic oxidation sites excluding steroid dienone is 1. The molecule has 0 aliphatic heterocycles. The molecule has 0 atom stereocenters. The molecular weight excluding hydrogens is 347 g/mol. The molecule has 1 aromatic carbocycles. The normalized spacial score (nSPS) is 10.2.